The Morgan fingerprint density at radius 1 is 1.38 bits per heavy atom. The predicted octanol–water partition coefficient (Wildman–Crippen LogP) is 2.22. The summed E-state index contributed by atoms with van der Waals surface area (Å²) in [6, 6.07) is 6.76. The van der Waals surface area contributed by atoms with Gasteiger partial charge in [0.05, 0.1) is 12.7 Å². The molecule has 2 aliphatic heterocycles. The number of hydrogen-bond donors (Lipinski definition) is 1. The summed E-state index contributed by atoms with van der Waals surface area (Å²) in [5.41, 5.74) is 4.49. The van der Waals surface area contributed by atoms with Gasteiger partial charge in [0.2, 0.25) is 0 Å². The topological polar surface area (TPSA) is 21.3 Å². The van der Waals surface area contributed by atoms with Gasteiger partial charge in [0, 0.05) is 19.0 Å². The minimum absolute atomic E-state index is 0.407. The van der Waals surface area contributed by atoms with Crippen LogP contribution in [0.5, 0.6) is 0 Å². The van der Waals surface area contributed by atoms with Crippen molar-refractivity contribution in [2.45, 2.75) is 38.4 Å². The second-order valence-corrected chi connectivity index (χ2v) is 4.85. The van der Waals surface area contributed by atoms with Crippen molar-refractivity contribution in [2.24, 2.45) is 0 Å². The number of aryl methyl sites for hydroxylation is 1. The van der Waals surface area contributed by atoms with E-state index in [4.69, 9.17) is 4.74 Å². The Labute approximate surface area is 97.0 Å². The molecule has 2 heterocycles. The summed E-state index contributed by atoms with van der Waals surface area (Å²) in [7, 11) is 0. The van der Waals surface area contributed by atoms with Crippen LogP contribution in [-0.4, -0.2) is 19.2 Å². The first-order valence-corrected chi connectivity index (χ1v) is 6.33. The average molecular weight is 217 g/mol. The van der Waals surface area contributed by atoms with Crippen LogP contribution >= 0.6 is 0 Å². The van der Waals surface area contributed by atoms with Gasteiger partial charge in [0.15, 0.2) is 0 Å². The third-order valence-electron chi connectivity index (χ3n) is 3.83. The molecule has 0 saturated carbocycles. The Morgan fingerprint density at radius 2 is 2.31 bits per heavy atom. The Kier molecular flexibility index (Phi) is 2.70. The SMILES string of the molecule is CCCc1cccc2c1COC1CNC[C@@H]21. The van der Waals surface area contributed by atoms with Gasteiger partial charge >= 0.3 is 0 Å². The second-order valence-electron chi connectivity index (χ2n) is 4.85. The van der Waals surface area contributed by atoms with Gasteiger partial charge in [-0.05, 0) is 23.1 Å². The molecule has 2 atom stereocenters. The molecule has 2 heteroatoms. The summed E-state index contributed by atoms with van der Waals surface area (Å²) in [4.78, 5) is 0. The highest BCUT2D eigenvalue weighted by Gasteiger charge is 2.34. The molecule has 1 fully saturated rings. The maximum Gasteiger partial charge on any atom is 0.0784 e. The van der Waals surface area contributed by atoms with Gasteiger partial charge in [-0.2, -0.15) is 0 Å². The first-order chi connectivity index (χ1) is 7.90. The largest absolute Gasteiger partial charge is 0.372 e. The van der Waals surface area contributed by atoms with E-state index in [1.54, 1.807) is 0 Å². The van der Waals surface area contributed by atoms with Crippen LogP contribution < -0.4 is 5.32 Å². The highest BCUT2D eigenvalue weighted by molar-refractivity contribution is 5.40. The first kappa shape index (κ1) is 10.3. The van der Waals surface area contributed by atoms with Crippen LogP contribution in [-0.2, 0) is 17.8 Å². The summed E-state index contributed by atoms with van der Waals surface area (Å²) in [6.07, 6.45) is 2.80. The minimum atomic E-state index is 0.407. The zero-order valence-electron chi connectivity index (χ0n) is 9.83. The average Bonchev–Trinajstić information content (AvgIpc) is 2.78. The van der Waals surface area contributed by atoms with Crippen LogP contribution in [0.1, 0.15) is 36.0 Å². The van der Waals surface area contributed by atoms with Crippen molar-refractivity contribution >= 4 is 0 Å². The quantitative estimate of drug-likeness (QED) is 0.820. The van der Waals surface area contributed by atoms with Gasteiger partial charge in [0.1, 0.15) is 0 Å². The molecule has 1 aromatic carbocycles. The fourth-order valence-corrected chi connectivity index (χ4v) is 3.01. The number of ether oxygens (including phenoxy) is 1. The molecule has 2 nitrogen and oxygen atoms in total. The van der Waals surface area contributed by atoms with E-state index >= 15 is 0 Å². The van der Waals surface area contributed by atoms with Gasteiger partial charge in [0.25, 0.3) is 0 Å². The lowest BCUT2D eigenvalue weighted by Crippen LogP contribution is -2.27. The van der Waals surface area contributed by atoms with Crippen LogP contribution in [0.2, 0.25) is 0 Å². The number of benzene rings is 1. The molecule has 16 heavy (non-hydrogen) atoms. The molecule has 0 aliphatic carbocycles. The molecule has 0 radical (unpaired) electrons. The van der Waals surface area contributed by atoms with Crippen molar-refractivity contribution < 1.29 is 4.74 Å². The second kappa shape index (κ2) is 4.19. The van der Waals surface area contributed by atoms with E-state index in [-0.39, 0.29) is 0 Å². The highest BCUT2D eigenvalue weighted by Crippen LogP contribution is 2.35. The Bertz CT molecular complexity index is 388. The normalized spacial score (nSPS) is 27.6. The molecule has 0 amide bonds. The predicted molar refractivity (Wildman–Crippen MR) is 64.6 cm³/mol. The van der Waals surface area contributed by atoms with Crippen molar-refractivity contribution in [3.05, 3.63) is 34.9 Å². The molecule has 0 bridgehead atoms. The zero-order chi connectivity index (χ0) is 11.0. The van der Waals surface area contributed by atoms with E-state index in [0.29, 0.717) is 12.0 Å². The van der Waals surface area contributed by atoms with Gasteiger partial charge in [-0.3, -0.25) is 0 Å². The molecule has 2 aliphatic rings. The first-order valence-electron chi connectivity index (χ1n) is 6.33. The Morgan fingerprint density at radius 3 is 3.19 bits per heavy atom. The molecule has 0 spiro atoms. The van der Waals surface area contributed by atoms with Gasteiger partial charge < -0.3 is 10.1 Å². The molecule has 1 saturated heterocycles. The van der Waals surface area contributed by atoms with E-state index in [1.807, 2.05) is 0 Å². The highest BCUT2D eigenvalue weighted by atomic mass is 16.5. The summed E-state index contributed by atoms with van der Waals surface area (Å²) in [6.45, 7) is 5.15. The van der Waals surface area contributed by atoms with E-state index in [9.17, 15) is 0 Å². The lowest BCUT2D eigenvalue weighted by molar-refractivity contribution is 0.0294. The molecule has 1 N–H and O–H groups in total. The molecular formula is C14H19NO. The minimum Gasteiger partial charge on any atom is -0.372 e. The van der Waals surface area contributed by atoms with Gasteiger partial charge in [-0.15, -0.1) is 0 Å². The van der Waals surface area contributed by atoms with Gasteiger partial charge in [-0.25, -0.2) is 0 Å². The molecule has 0 aromatic heterocycles. The molecule has 1 aromatic rings. The van der Waals surface area contributed by atoms with Crippen molar-refractivity contribution in [3.8, 4) is 0 Å². The number of hydrogen-bond acceptors (Lipinski definition) is 2. The van der Waals surface area contributed by atoms with Crippen LogP contribution in [0.15, 0.2) is 18.2 Å². The molecule has 1 unspecified atom stereocenters. The van der Waals surface area contributed by atoms with Crippen molar-refractivity contribution in [2.75, 3.05) is 13.1 Å². The van der Waals surface area contributed by atoms with Crippen LogP contribution in [0.25, 0.3) is 0 Å². The van der Waals surface area contributed by atoms with Crippen molar-refractivity contribution in [3.63, 3.8) is 0 Å². The van der Waals surface area contributed by atoms with Crippen LogP contribution in [0, 0.1) is 0 Å². The Hall–Kier alpha value is -0.860. The molecule has 86 valence electrons. The molecular weight excluding hydrogens is 198 g/mol. The van der Waals surface area contributed by atoms with Crippen molar-refractivity contribution in [1.29, 1.82) is 0 Å². The third-order valence-corrected chi connectivity index (χ3v) is 3.83. The van der Waals surface area contributed by atoms with Crippen molar-refractivity contribution in [1.82, 2.24) is 5.32 Å². The summed E-state index contributed by atoms with van der Waals surface area (Å²) >= 11 is 0. The van der Waals surface area contributed by atoms with E-state index < -0.39 is 0 Å². The lowest BCUT2D eigenvalue weighted by atomic mass is 9.86. The number of nitrogens with one attached hydrogen (secondary N) is 1. The Balaban J connectivity index is 2.00. The van der Waals surface area contributed by atoms with E-state index in [2.05, 4.69) is 30.4 Å². The fraction of sp³-hybridized carbons (Fsp3) is 0.571. The maximum absolute atomic E-state index is 5.95. The zero-order valence-corrected chi connectivity index (χ0v) is 9.83. The summed E-state index contributed by atoms with van der Waals surface area (Å²) in [5.74, 6) is 0.584. The number of rotatable bonds is 2. The molecule has 3 rings (SSSR count). The standard InChI is InChI=1S/C14H19NO/c1-2-4-10-5-3-6-11-12-7-15-8-14(12)16-9-13(10)11/h3,5-6,12,14-15H,2,4,7-9H2,1H3/t12-,14?/m0/s1. The van der Waals surface area contributed by atoms with E-state index in [1.165, 1.54) is 29.5 Å². The fourth-order valence-electron chi connectivity index (χ4n) is 3.01. The van der Waals surface area contributed by atoms with Gasteiger partial charge in [-0.1, -0.05) is 31.5 Å². The summed E-state index contributed by atoms with van der Waals surface area (Å²) < 4.78 is 5.95. The van der Waals surface area contributed by atoms with Crippen LogP contribution in [0.4, 0.5) is 0 Å². The smallest absolute Gasteiger partial charge is 0.0784 e. The van der Waals surface area contributed by atoms with Crippen LogP contribution in [0.3, 0.4) is 0 Å². The monoisotopic (exact) mass is 217 g/mol. The van der Waals surface area contributed by atoms with E-state index in [0.717, 1.165) is 19.7 Å². The summed E-state index contributed by atoms with van der Waals surface area (Å²) in [5, 5.41) is 3.43. The maximum atomic E-state index is 5.95. The lowest BCUT2D eigenvalue weighted by Gasteiger charge is -2.29. The number of fused-ring (bicyclic) bond motifs is 3. The third kappa shape index (κ3) is 1.57.